The van der Waals surface area contributed by atoms with Crippen molar-refractivity contribution in [3.8, 4) is 11.5 Å². The molecule has 1 saturated heterocycles. The fourth-order valence-corrected chi connectivity index (χ4v) is 3.09. The summed E-state index contributed by atoms with van der Waals surface area (Å²) in [6.07, 6.45) is 2.02. The minimum atomic E-state index is 0. The molecular weight excluding hydrogens is 338 g/mol. The highest BCUT2D eigenvalue weighted by molar-refractivity contribution is 5.85. The number of benzene rings is 2. The fourth-order valence-electron chi connectivity index (χ4n) is 3.09. The molecule has 0 aromatic heterocycles. The summed E-state index contributed by atoms with van der Waals surface area (Å²) in [4.78, 5) is 0. The molecule has 0 bridgehead atoms. The van der Waals surface area contributed by atoms with Gasteiger partial charge in [-0.15, -0.1) is 12.4 Å². The molecule has 2 aromatic rings. The van der Waals surface area contributed by atoms with Gasteiger partial charge in [-0.1, -0.05) is 36.4 Å². The zero-order valence-electron chi connectivity index (χ0n) is 14.5. The molecule has 4 nitrogen and oxygen atoms in total. The molecular formula is C20H26ClNO3. The van der Waals surface area contributed by atoms with Crippen LogP contribution in [0.4, 0.5) is 0 Å². The Labute approximate surface area is 155 Å². The predicted octanol–water partition coefficient (Wildman–Crippen LogP) is 4.12. The van der Waals surface area contributed by atoms with Gasteiger partial charge in [0.05, 0.1) is 7.11 Å². The van der Waals surface area contributed by atoms with Crippen molar-refractivity contribution in [3.63, 3.8) is 0 Å². The minimum absolute atomic E-state index is 0. The van der Waals surface area contributed by atoms with Crippen LogP contribution >= 0.6 is 12.4 Å². The van der Waals surface area contributed by atoms with Crippen molar-refractivity contribution in [1.29, 1.82) is 0 Å². The Bertz CT molecular complexity index is 645. The predicted molar refractivity (Wildman–Crippen MR) is 101 cm³/mol. The molecule has 25 heavy (non-hydrogen) atoms. The summed E-state index contributed by atoms with van der Waals surface area (Å²) in [6.45, 7) is 2.12. The molecule has 1 heterocycles. The van der Waals surface area contributed by atoms with E-state index in [1.54, 1.807) is 7.11 Å². The normalized spacial score (nSPS) is 15.9. The summed E-state index contributed by atoms with van der Waals surface area (Å²) in [6, 6.07) is 16.1. The number of methoxy groups -OCH3 is 1. The molecule has 136 valence electrons. The molecule has 1 fully saturated rings. The van der Waals surface area contributed by atoms with Gasteiger partial charge in [-0.05, 0) is 42.0 Å². The Morgan fingerprint density at radius 2 is 1.80 bits per heavy atom. The third-order valence-corrected chi connectivity index (χ3v) is 4.58. The number of nitrogens with two attached hydrogens (primary N) is 1. The molecule has 3 rings (SSSR count). The third-order valence-electron chi connectivity index (χ3n) is 4.58. The summed E-state index contributed by atoms with van der Waals surface area (Å²) < 4.78 is 16.8. The third kappa shape index (κ3) is 5.11. The Morgan fingerprint density at radius 3 is 2.48 bits per heavy atom. The first kappa shape index (κ1) is 19.6. The SMILES string of the molecule is COc1cc([C@H](N)C2CCOCC2)ccc1OCc1ccccc1.Cl. The van der Waals surface area contributed by atoms with Crippen molar-refractivity contribution in [2.45, 2.75) is 25.5 Å². The summed E-state index contributed by atoms with van der Waals surface area (Å²) >= 11 is 0. The summed E-state index contributed by atoms with van der Waals surface area (Å²) in [5.74, 6) is 1.93. The fraction of sp³-hybridized carbons (Fsp3) is 0.400. The molecule has 0 spiro atoms. The summed E-state index contributed by atoms with van der Waals surface area (Å²) in [7, 11) is 1.66. The van der Waals surface area contributed by atoms with Crippen molar-refractivity contribution in [2.75, 3.05) is 20.3 Å². The standard InChI is InChI=1S/C20H25NO3.ClH/c1-22-19-13-17(20(21)16-9-11-23-12-10-16)7-8-18(19)24-14-15-5-3-2-4-6-15;/h2-8,13,16,20H,9-12,14,21H2,1H3;1H/t20-;/m1./s1. The number of halogens is 1. The van der Waals surface area contributed by atoms with E-state index in [0.717, 1.165) is 48.7 Å². The van der Waals surface area contributed by atoms with Crippen molar-refractivity contribution >= 4 is 12.4 Å². The van der Waals surface area contributed by atoms with Crippen LogP contribution in [-0.4, -0.2) is 20.3 Å². The first-order chi connectivity index (χ1) is 11.8. The average Bonchev–Trinajstić information content (AvgIpc) is 2.67. The van der Waals surface area contributed by atoms with Crippen LogP contribution in [0.25, 0.3) is 0 Å². The highest BCUT2D eigenvalue weighted by Gasteiger charge is 2.23. The number of hydrogen-bond donors (Lipinski definition) is 1. The van der Waals surface area contributed by atoms with Crippen LogP contribution in [0, 0.1) is 5.92 Å². The molecule has 0 amide bonds. The maximum atomic E-state index is 6.46. The van der Waals surface area contributed by atoms with Gasteiger partial charge in [0.1, 0.15) is 6.61 Å². The first-order valence-corrected chi connectivity index (χ1v) is 8.46. The van der Waals surface area contributed by atoms with Gasteiger partial charge in [0.2, 0.25) is 0 Å². The van der Waals surface area contributed by atoms with Crippen LogP contribution in [-0.2, 0) is 11.3 Å². The van der Waals surface area contributed by atoms with Gasteiger partial charge in [0.25, 0.3) is 0 Å². The molecule has 1 atom stereocenters. The van der Waals surface area contributed by atoms with E-state index in [1.807, 2.05) is 48.5 Å². The summed E-state index contributed by atoms with van der Waals surface area (Å²) in [5.41, 5.74) is 8.67. The van der Waals surface area contributed by atoms with Crippen LogP contribution < -0.4 is 15.2 Å². The monoisotopic (exact) mass is 363 g/mol. The Kier molecular flexibility index (Phi) is 7.56. The second kappa shape index (κ2) is 9.66. The first-order valence-electron chi connectivity index (χ1n) is 8.46. The van der Waals surface area contributed by atoms with Crippen molar-refractivity contribution < 1.29 is 14.2 Å². The molecule has 0 unspecified atom stereocenters. The molecule has 2 N–H and O–H groups in total. The van der Waals surface area contributed by atoms with Crippen LogP contribution in [0.15, 0.2) is 48.5 Å². The number of ether oxygens (including phenoxy) is 3. The summed E-state index contributed by atoms with van der Waals surface area (Å²) in [5, 5.41) is 0. The van der Waals surface area contributed by atoms with Gasteiger partial charge < -0.3 is 19.9 Å². The maximum absolute atomic E-state index is 6.46. The van der Waals surface area contributed by atoms with Crippen LogP contribution in [0.2, 0.25) is 0 Å². The quantitative estimate of drug-likeness (QED) is 0.838. The van der Waals surface area contributed by atoms with Gasteiger partial charge in [-0.2, -0.15) is 0 Å². The highest BCUT2D eigenvalue weighted by Crippen LogP contribution is 2.34. The topological polar surface area (TPSA) is 53.7 Å². The minimum Gasteiger partial charge on any atom is -0.493 e. The molecule has 5 heteroatoms. The van der Waals surface area contributed by atoms with Crippen molar-refractivity contribution in [1.82, 2.24) is 0 Å². The molecule has 2 aromatic carbocycles. The lowest BCUT2D eigenvalue weighted by molar-refractivity contribution is 0.0583. The van der Waals surface area contributed by atoms with Gasteiger partial charge >= 0.3 is 0 Å². The van der Waals surface area contributed by atoms with E-state index in [-0.39, 0.29) is 18.4 Å². The molecule has 0 saturated carbocycles. The number of rotatable bonds is 6. The van der Waals surface area contributed by atoms with E-state index >= 15 is 0 Å². The Balaban J connectivity index is 0.00000225. The van der Waals surface area contributed by atoms with E-state index in [2.05, 4.69) is 0 Å². The van der Waals surface area contributed by atoms with Crippen molar-refractivity contribution in [2.24, 2.45) is 11.7 Å². The Hall–Kier alpha value is -1.75. The zero-order chi connectivity index (χ0) is 16.8. The second-order valence-corrected chi connectivity index (χ2v) is 6.16. The lowest BCUT2D eigenvalue weighted by atomic mass is 9.87. The van der Waals surface area contributed by atoms with Crippen LogP contribution in [0.3, 0.4) is 0 Å². The number of hydrogen-bond acceptors (Lipinski definition) is 4. The van der Waals surface area contributed by atoms with Crippen LogP contribution in [0.5, 0.6) is 11.5 Å². The van der Waals surface area contributed by atoms with Gasteiger partial charge in [0, 0.05) is 19.3 Å². The van der Waals surface area contributed by atoms with E-state index in [0.29, 0.717) is 12.5 Å². The second-order valence-electron chi connectivity index (χ2n) is 6.16. The lowest BCUT2D eigenvalue weighted by Crippen LogP contribution is -2.27. The smallest absolute Gasteiger partial charge is 0.161 e. The molecule has 1 aliphatic rings. The molecule has 0 radical (unpaired) electrons. The van der Waals surface area contributed by atoms with E-state index in [4.69, 9.17) is 19.9 Å². The maximum Gasteiger partial charge on any atom is 0.161 e. The lowest BCUT2D eigenvalue weighted by Gasteiger charge is -2.28. The van der Waals surface area contributed by atoms with E-state index in [9.17, 15) is 0 Å². The van der Waals surface area contributed by atoms with E-state index in [1.165, 1.54) is 0 Å². The molecule has 1 aliphatic heterocycles. The van der Waals surface area contributed by atoms with E-state index < -0.39 is 0 Å². The zero-order valence-corrected chi connectivity index (χ0v) is 15.3. The van der Waals surface area contributed by atoms with Gasteiger partial charge in [0.15, 0.2) is 11.5 Å². The van der Waals surface area contributed by atoms with Crippen molar-refractivity contribution in [3.05, 3.63) is 59.7 Å². The average molecular weight is 364 g/mol. The van der Waals surface area contributed by atoms with Gasteiger partial charge in [-0.3, -0.25) is 0 Å². The Morgan fingerprint density at radius 1 is 1.08 bits per heavy atom. The molecule has 0 aliphatic carbocycles. The highest BCUT2D eigenvalue weighted by atomic mass is 35.5. The van der Waals surface area contributed by atoms with Gasteiger partial charge in [-0.25, -0.2) is 0 Å². The van der Waals surface area contributed by atoms with Crippen LogP contribution in [0.1, 0.15) is 30.0 Å². The largest absolute Gasteiger partial charge is 0.493 e.